The molecule has 1 amide bonds. The van der Waals surface area contributed by atoms with E-state index in [2.05, 4.69) is 5.32 Å². The minimum atomic E-state index is -1.07. The molecule has 0 unspecified atom stereocenters. The number of para-hydroxylation sites is 1. The van der Waals surface area contributed by atoms with E-state index < -0.39 is 24.0 Å². The molecule has 0 saturated carbocycles. The Kier molecular flexibility index (Phi) is 4.28. The number of aryl methyl sites for hydroxylation is 1. The van der Waals surface area contributed by atoms with Crippen LogP contribution in [0.1, 0.15) is 12.5 Å². The van der Waals surface area contributed by atoms with Gasteiger partial charge in [0.15, 0.2) is 0 Å². The number of carbonyl (C=O) groups excluding carboxylic acids is 1. The van der Waals surface area contributed by atoms with Crippen molar-refractivity contribution in [2.45, 2.75) is 25.4 Å². The molecule has 2 aromatic rings. The molecule has 21 heavy (non-hydrogen) atoms. The number of nitrogens with two attached hydrogens (primary N) is 1. The number of nitrogens with zero attached hydrogens (tertiary/aromatic N) is 1. The van der Waals surface area contributed by atoms with Crippen LogP contribution in [0, 0.1) is 0 Å². The van der Waals surface area contributed by atoms with Gasteiger partial charge in [-0.2, -0.15) is 0 Å². The number of carboxylic acids is 1. The Balaban J connectivity index is 2.27. The van der Waals surface area contributed by atoms with Gasteiger partial charge in [-0.1, -0.05) is 18.2 Å². The highest BCUT2D eigenvalue weighted by molar-refractivity contribution is 5.88. The monoisotopic (exact) mass is 289 g/mol. The topological polar surface area (TPSA) is 97.4 Å². The molecule has 112 valence electrons. The van der Waals surface area contributed by atoms with Crippen molar-refractivity contribution in [1.82, 2.24) is 9.88 Å². The lowest BCUT2D eigenvalue weighted by molar-refractivity contribution is -0.141. The Morgan fingerprint density at radius 3 is 2.67 bits per heavy atom. The number of benzene rings is 1. The molecule has 1 aromatic carbocycles. The Labute approximate surface area is 122 Å². The number of carboxylic acid groups (broad SMARTS) is 1. The van der Waals surface area contributed by atoms with Gasteiger partial charge in [-0.05, 0) is 18.6 Å². The highest BCUT2D eigenvalue weighted by atomic mass is 16.4. The predicted molar refractivity (Wildman–Crippen MR) is 79.8 cm³/mol. The van der Waals surface area contributed by atoms with Crippen LogP contribution in [0.4, 0.5) is 0 Å². The molecule has 0 fully saturated rings. The van der Waals surface area contributed by atoms with Crippen LogP contribution in [0.5, 0.6) is 0 Å². The number of aromatic nitrogens is 1. The molecule has 0 radical (unpaired) electrons. The van der Waals surface area contributed by atoms with E-state index in [1.54, 1.807) is 0 Å². The molecule has 0 spiro atoms. The second-order valence-corrected chi connectivity index (χ2v) is 5.17. The molecule has 1 heterocycles. The molecular formula is C15H19N3O3. The average Bonchev–Trinajstić information content (AvgIpc) is 2.75. The first-order valence-electron chi connectivity index (χ1n) is 6.72. The van der Waals surface area contributed by atoms with Crippen LogP contribution < -0.4 is 11.1 Å². The summed E-state index contributed by atoms with van der Waals surface area (Å²) in [4.78, 5) is 23.0. The smallest absolute Gasteiger partial charge is 0.326 e. The number of amides is 1. The van der Waals surface area contributed by atoms with Crippen molar-refractivity contribution in [2.24, 2.45) is 12.8 Å². The average molecular weight is 289 g/mol. The third kappa shape index (κ3) is 3.22. The van der Waals surface area contributed by atoms with Crippen LogP contribution in [0.25, 0.3) is 10.9 Å². The molecule has 0 saturated heterocycles. The van der Waals surface area contributed by atoms with Crippen molar-refractivity contribution in [3.05, 3.63) is 36.0 Å². The minimum Gasteiger partial charge on any atom is -0.480 e. The van der Waals surface area contributed by atoms with Crippen molar-refractivity contribution >= 4 is 22.8 Å². The van der Waals surface area contributed by atoms with E-state index in [-0.39, 0.29) is 6.42 Å². The SMILES string of the molecule is C[C@H](N)C(=O)N[C@H](Cc1cn(C)c2ccccc12)C(=O)O. The zero-order valence-electron chi connectivity index (χ0n) is 12.0. The Hall–Kier alpha value is -2.34. The summed E-state index contributed by atoms with van der Waals surface area (Å²) in [6, 6.07) is 6.01. The van der Waals surface area contributed by atoms with Gasteiger partial charge in [0.2, 0.25) is 5.91 Å². The summed E-state index contributed by atoms with van der Waals surface area (Å²) in [6.07, 6.45) is 2.10. The zero-order valence-corrected chi connectivity index (χ0v) is 12.0. The summed E-state index contributed by atoms with van der Waals surface area (Å²) in [7, 11) is 1.90. The third-order valence-electron chi connectivity index (χ3n) is 3.43. The minimum absolute atomic E-state index is 0.217. The molecule has 6 nitrogen and oxygen atoms in total. The van der Waals surface area contributed by atoms with Crippen molar-refractivity contribution < 1.29 is 14.7 Å². The van der Waals surface area contributed by atoms with E-state index in [0.29, 0.717) is 0 Å². The van der Waals surface area contributed by atoms with Crippen molar-refractivity contribution in [2.75, 3.05) is 0 Å². The van der Waals surface area contributed by atoms with Crippen molar-refractivity contribution in [3.8, 4) is 0 Å². The number of carbonyl (C=O) groups is 2. The maximum atomic E-state index is 11.6. The van der Waals surface area contributed by atoms with Gasteiger partial charge in [0.25, 0.3) is 0 Å². The summed E-state index contributed by atoms with van der Waals surface area (Å²) in [5, 5.41) is 12.7. The molecule has 0 aliphatic carbocycles. The summed E-state index contributed by atoms with van der Waals surface area (Å²) < 4.78 is 1.94. The summed E-state index contributed by atoms with van der Waals surface area (Å²) in [6.45, 7) is 1.52. The molecular weight excluding hydrogens is 270 g/mol. The third-order valence-corrected chi connectivity index (χ3v) is 3.43. The summed E-state index contributed by atoms with van der Waals surface area (Å²) >= 11 is 0. The van der Waals surface area contributed by atoms with Gasteiger partial charge in [-0.15, -0.1) is 0 Å². The second kappa shape index (κ2) is 5.97. The molecule has 1 aromatic heterocycles. The lowest BCUT2D eigenvalue weighted by atomic mass is 10.0. The van der Waals surface area contributed by atoms with Gasteiger partial charge in [-0.25, -0.2) is 4.79 Å². The summed E-state index contributed by atoms with van der Waals surface area (Å²) in [5.41, 5.74) is 7.37. The fourth-order valence-electron chi connectivity index (χ4n) is 2.31. The molecule has 0 bridgehead atoms. The molecule has 2 atom stereocenters. The Morgan fingerprint density at radius 1 is 1.38 bits per heavy atom. The van der Waals surface area contributed by atoms with E-state index >= 15 is 0 Å². The number of nitrogens with one attached hydrogen (secondary N) is 1. The van der Waals surface area contributed by atoms with Crippen LogP contribution >= 0.6 is 0 Å². The zero-order chi connectivity index (χ0) is 15.6. The van der Waals surface area contributed by atoms with Gasteiger partial charge in [-0.3, -0.25) is 4.79 Å². The van der Waals surface area contributed by atoms with Gasteiger partial charge in [0.1, 0.15) is 6.04 Å². The van der Waals surface area contributed by atoms with Gasteiger partial charge >= 0.3 is 5.97 Å². The van der Waals surface area contributed by atoms with Gasteiger partial charge in [0, 0.05) is 30.6 Å². The van der Waals surface area contributed by atoms with Gasteiger partial charge in [0.05, 0.1) is 6.04 Å². The quantitative estimate of drug-likeness (QED) is 0.752. The van der Waals surface area contributed by atoms with E-state index in [4.69, 9.17) is 5.73 Å². The van der Waals surface area contributed by atoms with Crippen LogP contribution in [0.2, 0.25) is 0 Å². The fourth-order valence-corrected chi connectivity index (χ4v) is 2.31. The van der Waals surface area contributed by atoms with Crippen LogP contribution in [-0.4, -0.2) is 33.6 Å². The second-order valence-electron chi connectivity index (χ2n) is 5.17. The largest absolute Gasteiger partial charge is 0.480 e. The van der Waals surface area contributed by atoms with E-state index in [9.17, 15) is 14.7 Å². The normalized spacial score (nSPS) is 13.9. The van der Waals surface area contributed by atoms with Crippen molar-refractivity contribution in [1.29, 1.82) is 0 Å². The van der Waals surface area contributed by atoms with E-state index in [0.717, 1.165) is 16.5 Å². The Morgan fingerprint density at radius 2 is 2.05 bits per heavy atom. The number of fused-ring (bicyclic) bond motifs is 1. The van der Waals surface area contributed by atoms with E-state index in [1.165, 1.54) is 6.92 Å². The molecule has 2 rings (SSSR count). The molecule has 0 aliphatic heterocycles. The predicted octanol–water partition coefficient (Wildman–Crippen LogP) is 0.637. The summed E-state index contributed by atoms with van der Waals surface area (Å²) in [5.74, 6) is -1.54. The highest BCUT2D eigenvalue weighted by Crippen LogP contribution is 2.21. The maximum absolute atomic E-state index is 11.6. The van der Waals surface area contributed by atoms with Gasteiger partial charge < -0.3 is 20.7 Å². The lowest BCUT2D eigenvalue weighted by Gasteiger charge is -2.15. The van der Waals surface area contributed by atoms with Crippen LogP contribution in [0.15, 0.2) is 30.5 Å². The van der Waals surface area contributed by atoms with Crippen LogP contribution in [-0.2, 0) is 23.1 Å². The number of hydrogen-bond donors (Lipinski definition) is 3. The van der Waals surface area contributed by atoms with Crippen molar-refractivity contribution in [3.63, 3.8) is 0 Å². The fraction of sp³-hybridized carbons (Fsp3) is 0.333. The number of aliphatic carboxylic acids is 1. The first-order valence-corrected chi connectivity index (χ1v) is 6.72. The highest BCUT2D eigenvalue weighted by Gasteiger charge is 2.23. The molecule has 0 aliphatic rings. The molecule has 4 N–H and O–H groups in total. The first kappa shape index (κ1) is 15.1. The molecule has 6 heteroatoms. The number of hydrogen-bond acceptors (Lipinski definition) is 3. The van der Waals surface area contributed by atoms with E-state index in [1.807, 2.05) is 42.1 Å². The number of rotatable bonds is 5. The Bertz CT molecular complexity index is 676. The lowest BCUT2D eigenvalue weighted by Crippen LogP contribution is -2.48. The standard InChI is InChI=1S/C15H19N3O3/c1-9(16)14(19)17-12(15(20)21)7-10-8-18(2)13-6-4-3-5-11(10)13/h3-6,8-9,12H,7,16H2,1-2H3,(H,17,19)(H,20,21)/t9-,12+/m0/s1. The maximum Gasteiger partial charge on any atom is 0.326 e. The first-order chi connectivity index (χ1) is 9.90. The van der Waals surface area contributed by atoms with Crippen LogP contribution in [0.3, 0.4) is 0 Å².